The Kier molecular flexibility index (Phi) is 5.77. The van der Waals surface area contributed by atoms with Crippen LogP contribution in [-0.4, -0.2) is 26.5 Å². The van der Waals surface area contributed by atoms with E-state index in [2.05, 4.69) is 21.2 Å². The van der Waals surface area contributed by atoms with E-state index in [-0.39, 0.29) is 22.9 Å². The number of hydrogen-bond donors (Lipinski definition) is 2. The van der Waals surface area contributed by atoms with Crippen LogP contribution in [0.5, 0.6) is 5.75 Å². The summed E-state index contributed by atoms with van der Waals surface area (Å²) in [5, 5.41) is 7.87. The molecule has 21 heavy (non-hydrogen) atoms. The van der Waals surface area contributed by atoms with Gasteiger partial charge in [-0.3, -0.25) is 4.79 Å². The highest BCUT2D eigenvalue weighted by atomic mass is 79.9. The molecule has 3 N–H and O–H groups in total. The van der Waals surface area contributed by atoms with E-state index in [9.17, 15) is 13.2 Å². The lowest BCUT2D eigenvalue weighted by Gasteiger charge is -2.24. The van der Waals surface area contributed by atoms with Crippen molar-refractivity contribution in [3.8, 4) is 5.75 Å². The van der Waals surface area contributed by atoms with Gasteiger partial charge in [0.25, 0.3) is 5.91 Å². The Balaban J connectivity index is 2.71. The second-order valence-electron chi connectivity index (χ2n) is 5.21. The number of carbonyl (C=O) groups is 1. The van der Waals surface area contributed by atoms with Crippen molar-refractivity contribution in [1.82, 2.24) is 5.32 Å². The van der Waals surface area contributed by atoms with Crippen LogP contribution in [0.25, 0.3) is 0 Å². The molecule has 1 aromatic carbocycles. The van der Waals surface area contributed by atoms with Gasteiger partial charge in [0.1, 0.15) is 5.75 Å². The Labute approximate surface area is 133 Å². The SMILES string of the molecule is CCC(C)(C)NC(=O)COc1ccc(S(N)(=O)=O)cc1Br. The molecule has 0 unspecified atom stereocenters. The molecule has 0 atom stereocenters. The zero-order valence-corrected chi connectivity index (χ0v) is 14.5. The highest BCUT2D eigenvalue weighted by Gasteiger charge is 2.18. The van der Waals surface area contributed by atoms with E-state index in [1.54, 1.807) is 0 Å². The van der Waals surface area contributed by atoms with Crippen LogP contribution in [0.3, 0.4) is 0 Å². The number of hydrogen-bond acceptors (Lipinski definition) is 4. The molecule has 0 aliphatic rings. The van der Waals surface area contributed by atoms with Crippen molar-refractivity contribution in [1.29, 1.82) is 0 Å². The zero-order chi connectivity index (χ0) is 16.3. The normalized spacial score (nSPS) is 12.0. The molecule has 6 nitrogen and oxygen atoms in total. The summed E-state index contributed by atoms with van der Waals surface area (Å²) in [4.78, 5) is 11.7. The molecule has 8 heteroatoms. The molecule has 0 heterocycles. The Morgan fingerprint density at radius 2 is 2.05 bits per heavy atom. The third kappa shape index (κ3) is 5.64. The van der Waals surface area contributed by atoms with E-state index in [0.717, 1.165) is 6.42 Å². The Morgan fingerprint density at radius 3 is 2.52 bits per heavy atom. The van der Waals surface area contributed by atoms with Gasteiger partial charge in [-0.05, 0) is 54.4 Å². The molecule has 118 valence electrons. The van der Waals surface area contributed by atoms with Crippen molar-refractivity contribution in [3.63, 3.8) is 0 Å². The molecule has 1 amide bonds. The average Bonchev–Trinajstić information content (AvgIpc) is 2.35. The van der Waals surface area contributed by atoms with Crippen molar-refractivity contribution >= 4 is 31.9 Å². The van der Waals surface area contributed by atoms with Gasteiger partial charge < -0.3 is 10.1 Å². The number of rotatable bonds is 6. The summed E-state index contributed by atoms with van der Waals surface area (Å²) in [6.07, 6.45) is 0.797. The molecule has 1 rings (SSSR count). The van der Waals surface area contributed by atoms with Crippen LogP contribution in [0.1, 0.15) is 27.2 Å². The van der Waals surface area contributed by atoms with E-state index in [1.165, 1.54) is 18.2 Å². The minimum Gasteiger partial charge on any atom is -0.483 e. The lowest BCUT2D eigenvalue weighted by atomic mass is 10.0. The molecule has 0 fully saturated rings. The maximum absolute atomic E-state index is 11.8. The lowest BCUT2D eigenvalue weighted by molar-refractivity contribution is -0.124. The third-order valence-electron chi connectivity index (χ3n) is 2.95. The molecule has 0 spiro atoms. The highest BCUT2D eigenvalue weighted by Crippen LogP contribution is 2.27. The zero-order valence-electron chi connectivity index (χ0n) is 12.1. The van der Waals surface area contributed by atoms with Crippen molar-refractivity contribution in [3.05, 3.63) is 22.7 Å². The van der Waals surface area contributed by atoms with Gasteiger partial charge in [0.2, 0.25) is 10.0 Å². The molecule has 0 aliphatic heterocycles. The lowest BCUT2D eigenvalue weighted by Crippen LogP contribution is -2.44. The number of benzene rings is 1. The monoisotopic (exact) mass is 378 g/mol. The molecular formula is C13H19BrN2O4S. The minimum absolute atomic E-state index is 0.0294. The predicted octanol–water partition coefficient (Wildman–Crippen LogP) is 1.78. The summed E-state index contributed by atoms with van der Waals surface area (Å²) in [7, 11) is -3.77. The van der Waals surface area contributed by atoms with E-state index in [4.69, 9.17) is 9.88 Å². The van der Waals surface area contributed by atoms with E-state index in [0.29, 0.717) is 10.2 Å². The van der Waals surface area contributed by atoms with Gasteiger partial charge in [-0.2, -0.15) is 0 Å². The van der Waals surface area contributed by atoms with Crippen LogP contribution in [0.2, 0.25) is 0 Å². The first kappa shape index (κ1) is 17.9. The maximum atomic E-state index is 11.8. The smallest absolute Gasteiger partial charge is 0.258 e. The summed E-state index contributed by atoms with van der Waals surface area (Å²) in [5.41, 5.74) is -0.296. The van der Waals surface area contributed by atoms with Crippen LogP contribution in [0.4, 0.5) is 0 Å². The molecule has 0 saturated heterocycles. The maximum Gasteiger partial charge on any atom is 0.258 e. The van der Waals surface area contributed by atoms with E-state index >= 15 is 0 Å². The number of carbonyl (C=O) groups excluding carboxylic acids is 1. The molecule has 0 saturated carbocycles. The fourth-order valence-electron chi connectivity index (χ4n) is 1.42. The Morgan fingerprint density at radius 1 is 1.43 bits per heavy atom. The van der Waals surface area contributed by atoms with Crippen LogP contribution in [0, 0.1) is 0 Å². The van der Waals surface area contributed by atoms with Crippen LogP contribution in [-0.2, 0) is 14.8 Å². The summed E-state index contributed by atoms with van der Waals surface area (Å²) in [6, 6.07) is 4.10. The van der Waals surface area contributed by atoms with Gasteiger partial charge in [0.15, 0.2) is 6.61 Å². The van der Waals surface area contributed by atoms with E-state index < -0.39 is 10.0 Å². The Hall–Kier alpha value is -1.12. The van der Waals surface area contributed by atoms with Crippen molar-refractivity contribution in [2.45, 2.75) is 37.6 Å². The summed E-state index contributed by atoms with van der Waals surface area (Å²) in [5.74, 6) is 0.121. The number of primary sulfonamides is 1. The fraction of sp³-hybridized carbons (Fsp3) is 0.462. The van der Waals surface area contributed by atoms with Crippen LogP contribution >= 0.6 is 15.9 Å². The predicted molar refractivity (Wildman–Crippen MR) is 83.5 cm³/mol. The standard InChI is InChI=1S/C13H19BrN2O4S/c1-4-13(2,3)16-12(17)8-20-11-6-5-9(7-10(11)14)21(15,18)19/h5-7H,4,8H2,1-3H3,(H,16,17)(H2,15,18,19). The van der Waals surface area contributed by atoms with Gasteiger partial charge in [-0.1, -0.05) is 6.92 Å². The van der Waals surface area contributed by atoms with Crippen molar-refractivity contribution in [2.24, 2.45) is 5.14 Å². The molecule has 1 aromatic rings. The summed E-state index contributed by atoms with van der Waals surface area (Å²) < 4.78 is 28.2. The number of amides is 1. The van der Waals surface area contributed by atoms with Gasteiger partial charge >= 0.3 is 0 Å². The number of sulfonamides is 1. The molecule has 0 radical (unpaired) electrons. The first-order chi connectivity index (χ1) is 9.55. The fourth-order valence-corrected chi connectivity index (χ4v) is 2.61. The highest BCUT2D eigenvalue weighted by molar-refractivity contribution is 9.10. The van der Waals surface area contributed by atoms with Crippen LogP contribution in [0.15, 0.2) is 27.6 Å². The first-order valence-corrected chi connectivity index (χ1v) is 8.65. The summed E-state index contributed by atoms with van der Waals surface area (Å²) >= 11 is 3.19. The second-order valence-corrected chi connectivity index (χ2v) is 7.63. The number of halogens is 1. The van der Waals surface area contributed by atoms with E-state index in [1.807, 2.05) is 20.8 Å². The largest absolute Gasteiger partial charge is 0.483 e. The average molecular weight is 379 g/mol. The molecular weight excluding hydrogens is 360 g/mol. The Bertz CT molecular complexity index is 629. The minimum atomic E-state index is -3.77. The van der Waals surface area contributed by atoms with Gasteiger partial charge in [-0.25, -0.2) is 13.6 Å². The molecule has 0 aromatic heterocycles. The first-order valence-electron chi connectivity index (χ1n) is 6.31. The van der Waals surface area contributed by atoms with Crippen molar-refractivity contribution < 1.29 is 17.9 Å². The number of ether oxygens (including phenoxy) is 1. The number of nitrogens with two attached hydrogens (primary N) is 1. The summed E-state index contributed by atoms with van der Waals surface area (Å²) in [6.45, 7) is 5.66. The van der Waals surface area contributed by atoms with Gasteiger partial charge in [-0.15, -0.1) is 0 Å². The third-order valence-corrected chi connectivity index (χ3v) is 4.48. The number of nitrogens with one attached hydrogen (secondary N) is 1. The van der Waals surface area contributed by atoms with Crippen molar-refractivity contribution in [2.75, 3.05) is 6.61 Å². The van der Waals surface area contributed by atoms with Gasteiger partial charge in [0.05, 0.1) is 9.37 Å². The molecule has 0 aliphatic carbocycles. The quantitative estimate of drug-likeness (QED) is 0.787. The van der Waals surface area contributed by atoms with Crippen LogP contribution < -0.4 is 15.2 Å². The second kappa shape index (κ2) is 6.76. The molecule has 0 bridgehead atoms. The topological polar surface area (TPSA) is 98.5 Å². The van der Waals surface area contributed by atoms with Gasteiger partial charge in [0, 0.05) is 5.54 Å².